The molecular weight excluding hydrogens is 277 g/mol. The first-order valence-corrected chi connectivity index (χ1v) is 6.69. The number of rotatable bonds is 3. The first-order valence-electron chi connectivity index (χ1n) is 6.31. The SMILES string of the molecule is CN[C@@H]1C[C@H]1c1ccccc1-c1ccc(Cl)cc1.Cl. The summed E-state index contributed by atoms with van der Waals surface area (Å²) in [6, 6.07) is 17.4. The molecule has 2 aromatic rings. The first kappa shape index (κ1) is 14.4. The molecule has 0 aromatic heterocycles. The highest BCUT2D eigenvalue weighted by molar-refractivity contribution is 6.30. The van der Waals surface area contributed by atoms with Gasteiger partial charge < -0.3 is 5.32 Å². The summed E-state index contributed by atoms with van der Waals surface area (Å²) in [6.45, 7) is 0. The van der Waals surface area contributed by atoms with E-state index in [2.05, 4.69) is 41.7 Å². The molecule has 2 atom stereocenters. The molecule has 100 valence electrons. The topological polar surface area (TPSA) is 12.0 Å². The average molecular weight is 294 g/mol. The van der Waals surface area contributed by atoms with Gasteiger partial charge in [-0.3, -0.25) is 0 Å². The summed E-state index contributed by atoms with van der Waals surface area (Å²) >= 11 is 5.95. The van der Waals surface area contributed by atoms with Gasteiger partial charge in [0, 0.05) is 17.0 Å². The molecule has 0 amide bonds. The number of likely N-dealkylation sites (N-methyl/N-ethyl adjacent to an activating group) is 1. The Balaban J connectivity index is 0.00000133. The maximum atomic E-state index is 5.95. The fourth-order valence-electron chi connectivity index (χ4n) is 2.57. The summed E-state index contributed by atoms with van der Waals surface area (Å²) in [5.41, 5.74) is 4.02. The van der Waals surface area contributed by atoms with Crippen LogP contribution in [0.4, 0.5) is 0 Å². The monoisotopic (exact) mass is 293 g/mol. The second-order valence-electron chi connectivity index (χ2n) is 4.83. The van der Waals surface area contributed by atoms with Crippen LogP contribution in [0.25, 0.3) is 11.1 Å². The summed E-state index contributed by atoms with van der Waals surface area (Å²) in [5, 5.41) is 4.14. The van der Waals surface area contributed by atoms with E-state index in [-0.39, 0.29) is 12.4 Å². The van der Waals surface area contributed by atoms with Crippen molar-refractivity contribution in [2.24, 2.45) is 0 Å². The average Bonchev–Trinajstić information content (AvgIpc) is 3.19. The quantitative estimate of drug-likeness (QED) is 0.878. The summed E-state index contributed by atoms with van der Waals surface area (Å²) in [4.78, 5) is 0. The van der Waals surface area contributed by atoms with Crippen LogP contribution < -0.4 is 5.32 Å². The maximum Gasteiger partial charge on any atom is 0.0406 e. The summed E-state index contributed by atoms with van der Waals surface area (Å²) in [5.74, 6) is 0.655. The molecule has 19 heavy (non-hydrogen) atoms. The van der Waals surface area contributed by atoms with Crippen molar-refractivity contribution >= 4 is 24.0 Å². The van der Waals surface area contributed by atoms with Crippen molar-refractivity contribution in [2.75, 3.05) is 7.05 Å². The van der Waals surface area contributed by atoms with Gasteiger partial charge in [-0.2, -0.15) is 0 Å². The van der Waals surface area contributed by atoms with Gasteiger partial charge in [0.1, 0.15) is 0 Å². The van der Waals surface area contributed by atoms with Gasteiger partial charge in [-0.25, -0.2) is 0 Å². The van der Waals surface area contributed by atoms with Crippen LogP contribution in [0.15, 0.2) is 48.5 Å². The number of nitrogens with one attached hydrogen (secondary N) is 1. The van der Waals surface area contributed by atoms with Crippen LogP contribution in [-0.2, 0) is 0 Å². The van der Waals surface area contributed by atoms with E-state index in [9.17, 15) is 0 Å². The predicted octanol–water partition coefficient (Wildman–Crippen LogP) is 4.50. The Morgan fingerprint density at radius 1 is 1.05 bits per heavy atom. The zero-order valence-electron chi connectivity index (χ0n) is 10.8. The normalized spacial score (nSPS) is 20.7. The third kappa shape index (κ3) is 2.94. The van der Waals surface area contributed by atoms with Crippen molar-refractivity contribution in [2.45, 2.75) is 18.4 Å². The first-order chi connectivity index (χ1) is 8.79. The van der Waals surface area contributed by atoms with Gasteiger partial charge in [0.25, 0.3) is 0 Å². The van der Waals surface area contributed by atoms with Crippen LogP contribution in [0.1, 0.15) is 17.9 Å². The zero-order chi connectivity index (χ0) is 12.5. The van der Waals surface area contributed by atoms with Crippen LogP contribution in [0, 0.1) is 0 Å². The molecule has 1 aliphatic rings. The number of hydrogen-bond acceptors (Lipinski definition) is 1. The molecule has 0 aliphatic heterocycles. The summed E-state index contributed by atoms with van der Waals surface area (Å²) in [6.07, 6.45) is 1.24. The zero-order valence-corrected chi connectivity index (χ0v) is 12.3. The van der Waals surface area contributed by atoms with Gasteiger partial charge >= 0.3 is 0 Å². The van der Waals surface area contributed by atoms with Crippen LogP contribution in [0.2, 0.25) is 5.02 Å². The summed E-state index contributed by atoms with van der Waals surface area (Å²) in [7, 11) is 2.04. The van der Waals surface area contributed by atoms with E-state index >= 15 is 0 Å². The van der Waals surface area contributed by atoms with E-state index in [0.717, 1.165) is 5.02 Å². The Hall–Kier alpha value is -1.02. The van der Waals surface area contributed by atoms with Crippen molar-refractivity contribution < 1.29 is 0 Å². The minimum absolute atomic E-state index is 0. The molecule has 1 fully saturated rings. The highest BCUT2D eigenvalue weighted by Gasteiger charge is 2.38. The smallest absolute Gasteiger partial charge is 0.0406 e. The van der Waals surface area contributed by atoms with E-state index in [4.69, 9.17) is 11.6 Å². The standard InChI is InChI=1S/C16H16ClN.ClH/c1-18-16-10-15(16)14-5-3-2-4-13(14)11-6-8-12(17)9-7-11;/h2-9,15-16,18H,10H2,1H3;1H/t15-,16+;/m0./s1. The fourth-order valence-corrected chi connectivity index (χ4v) is 2.70. The molecular formula is C16H17Cl2N. The number of benzene rings is 2. The lowest BCUT2D eigenvalue weighted by Crippen LogP contribution is -2.10. The largest absolute Gasteiger partial charge is 0.316 e. The van der Waals surface area contributed by atoms with Crippen molar-refractivity contribution in [1.29, 1.82) is 0 Å². The molecule has 0 bridgehead atoms. The molecule has 0 radical (unpaired) electrons. The van der Waals surface area contributed by atoms with Crippen molar-refractivity contribution in [3.05, 3.63) is 59.1 Å². The summed E-state index contributed by atoms with van der Waals surface area (Å²) < 4.78 is 0. The van der Waals surface area contributed by atoms with Crippen molar-refractivity contribution in [3.63, 3.8) is 0 Å². The second kappa shape index (κ2) is 5.96. The number of hydrogen-bond donors (Lipinski definition) is 1. The molecule has 1 saturated carbocycles. The van der Waals surface area contributed by atoms with Crippen LogP contribution >= 0.6 is 24.0 Å². The van der Waals surface area contributed by atoms with Gasteiger partial charge in [0.15, 0.2) is 0 Å². The van der Waals surface area contributed by atoms with Crippen LogP contribution in [0.5, 0.6) is 0 Å². The molecule has 0 saturated heterocycles. The van der Waals surface area contributed by atoms with E-state index in [0.29, 0.717) is 12.0 Å². The van der Waals surface area contributed by atoms with E-state index in [1.54, 1.807) is 0 Å². The highest BCUT2D eigenvalue weighted by Crippen LogP contribution is 2.44. The molecule has 2 aromatic carbocycles. The van der Waals surface area contributed by atoms with Gasteiger partial charge in [-0.05, 0) is 42.3 Å². The lowest BCUT2D eigenvalue weighted by molar-refractivity contribution is 0.784. The molecule has 0 spiro atoms. The van der Waals surface area contributed by atoms with Crippen LogP contribution in [-0.4, -0.2) is 13.1 Å². The molecule has 0 unspecified atom stereocenters. The molecule has 1 nitrogen and oxygen atoms in total. The molecule has 1 aliphatic carbocycles. The Labute approximate surface area is 125 Å². The third-order valence-electron chi connectivity index (χ3n) is 3.68. The lowest BCUT2D eigenvalue weighted by atomic mass is 9.96. The van der Waals surface area contributed by atoms with Crippen LogP contribution in [0.3, 0.4) is 0 Å². The van der Waals surface area contributed by atoms with E-state index < -0.39 is 0 Å². The van der Waals surface area contributed by atoms with Crippen molar-refractivity contribution in [3.8, 4) is 11.1 Å². The van der Waals surface area contributed by atoms with Gasteiger partial charge in [-0.15, -0.1) is 12.4 Å². The van der Waals surface area contributed by atoms with E-state index in [1.807, 2.05) is 19.2 Å². The fraction of sp³-hybridized carbons (Fsp3) is 0.250. The number of halogens is 2. The van der Waals surface area contributed by atoms with Crippen molar-refractivity contribution in [1.82, 2.24) is 5.32 Å². The Morgan fingerprint density at radius 3 is 2.37 bits per heavy atom. The third-order valence-corrected chi connectivity index (χ3v) is 3.93. The Kier molecular flexibility index (Phi) is 4.51. The Morgan fingerprint density at radius 2 is 1.74 bits per heavy atom. The maximum absolute atomic E-state index is 5.95. The van der Waals surface area contributed by atoms with E-state index in [1.165, 1.54) is 23.1 Å². The lowest BCUT2D eigenvalue weighted by Gasteiger charge is -2.09. The van der Waals surface area contributed by atoms with Gasteiger partial charge in [0.2, 0.25) is 0 Å². The highest BCUT2D eigenvalue weighted by atomic mass is 35.5. The molecule has 1 N–H and O–H groups in total. The Bertz CT molecular complexity index is 551. The second-order valence-corrected chi connectivity index (χ2v) is 5.27. The molecule has 3 heteroatoms. The predicted molar refractivity (Wildman–Crippen MR) is 84.3 cm³/mol. The molecule has 3 rings (SSSR count). The molecule has 0 heterocycles. The minimum Gasteiger partial charge on any atom is -0.316 e. The minimum atomic E-state index is 0. The van der Waals surface area contributed by atoms with Gasteiger partial charge in [0.05, 0.1) is 0 Å². The van der Waals surface area contributed by atoms with Gasteiger partial charge in [-0.1, -0.05) is 48.0 Å².